The molecular formula is C92H106N10O18S8. The molecule has 0 saturated carbocycles. The zero-order valence-electron chi connectivity index (χ0n) is 73.5. The van der Waals surface area contributed by atoms with Gasteiger partial charge in [-0.3, -0.25) is 14.4 Å². The summed E-state index contributed by atoms with van der Waals surface area (Å²) in [4.78, 5) is 55.6. The molecule has 36 heteroatoms. The highest BCUT2D eigenvalue weighted by atomic mass is 32.3. The first-order chi connectivity index (χ1) is 60.2. The smallest absolute Gasteiger partial charge is 0.292 e. The topological polar surface area (TPSA) is 515 Å². The molecule has 8 aliphatic rings. The lowest BCUT2D eigenvalue weighted by Crippen LogP contribution is -2.20. The van der Waals surface area contributed by atoms with E-state index in [9.17, 15) is 99.7 Å². The van der Waals surface area contributed by atoms with Gasteiger partial charge in [0.2, 0.25) is 10.0 Å². The van der Waals surface area contributed by atoms with Crippen molar-refractivity contribution in [2.24, 2.45) is 5.14 Å². The summed E-state index contributed by atoms with van der Waals surface area (Å²) in [6.07, 6.45) is 24.4. The Morgan fingerprint density at radius 3 is 0.758 bits per heavy atom. The van der Waals surface area contributed by atoms with Crippen LogP contribution in [0.25, 0.3) is 0 Å². The molecular weight excluding hydrogens is 1790 g/mol. The molecule has 0 aliphatic heterocycles. The predicted molar refractivity (Wildman–Crippen MR) is 481 cm³/mol. The first kappa shape index (κ1) is 98.2. The molecule has 0 fully saturated rings. The van der Waals surface area contributed by atoms with E-state index in [2.05, 4.69) is 44.2 Å². The molecule has 4 heterocycles. The second-order valence-electron chi connectivity index (χ2n) is 35.6. The number of sulfonamides is 1. The number of thiazole rings is 4. The molecule has 28 nitrogen and oxygen atoms in total. The minimum Gasteiger partial charge on any atom is -0.390 e. The van der Waals surface area contributed by atoms with E-state index in [0.717, 1.165) is 333 Å². The zero-order valence-corrected chi connectivity index (χ0v) is 80.0. The maximum atomic E-state index is 13.1. The molecule has 0 bridgehead atoms. The average molecular weight is 1900 g/mol. The number of benzene rings is 4. The number of ketones is 3. The van der Waals surface area contributed by atoms with Crippen molar-refractivity contribution >= 4 is 102 Å². The van der Waals surface area contributed by atoms with Crippen LogP contribution in [-0.4, -0.2) is 119 Å². The molecule has 680 valence electrons. The third-order valence-corrected chi connectivity index (χ3v) is 38.5. The molecule has 0 unspecified atom stereocenters. The largest absolute Gasteiger partial charge is 0.390 e. The van der Waals surface area contributed by atoms with E-state index in [1.807, 2.05) is 6.92 Å². The zero-order chi connectivity index (χ0) is 93.5. The number of carbonyl (C=O) groups is 3. The molecule has 16 rings (SSSR count). The Bertz CT molecular complexity index is 5920. The number of fused-ring (bicyclic) bond motifs is 8. The molecule has 0 saturated heterocycles. The lowest BCUT2D eigenvalue weighted by atomic mass is 9.87. The number of aliphatic hydroxyl groups is 6. The van der Waals surface area contributed by atoms with Gasteiger partial charge in [-0.15, -0.1) is 50.6 Å². The van der Waals surface area contributed by atoms with Gasteiger partial charge in [0.05, 0.1) is 82.5 Å². The van der Waals surface area contributed by atoms with E-state index in [1.54, 1.807) is 40.9 Å². The number of aryl methyl sites for hydroxylation is 2. The molecule has 128 heavy (non-hydrogen) atoms. The van der Waals surface area contributed by atoms with Crippen LogP contribution in [0.2, 0.25) is 0 Å². The van der Waals surface area contributed by atoms with Crippen molar-refractivity contribution in [3.8, 4) is 36.3 Å². The number of aromatic nitrogens is 4. The van der Waals surface area contributed by atoms with Crippen molar-refractivity contribution < 1.29 is 83.4 Å². The normalized spacial score (nSPS) is 15.2. The van der Waals surface area contributed by atoms with Gasteiger partial charge in [-0.25, -0.2) is 58.7 Å². The van der Waals surface area contributed by atoms with Crippen LogP contribution in [0.15, 0.2) is 16.8 Å². The number of primary sulfonamides is 1. The van der Waals surface area contributed by atoms with Crippen LogP contribution in [-0.2, 0) is 224 Å². The lowest BCUT2D eigenvalue weighted by Gasteiger charge is -2.16. The van der Waals surface area contributed by atoms with E-state index in [1.165, 1.54) is 27.7 Å². The van der Waals surface area contributed by atoms with Crippen molar-refractivity contribution in [3.05, 3.63) is 171 Å². The Balaban J connectivity index is 0.000000149. The summed E-state index contributed by atoms with van der Waals surface area (Å²) in [5.74, 6) is -2.34. The molecule has 8 aromatic rings. The summed E-state index contributed by atoms with van der Waals surface area (Å²) in [5, 5.41) is 113. The van der Waals surface area contributed by atoms with Crippen molar-refractivity contribution in [1.29, 1.82) is 26.3 Å². The lowest BCUT2D eigenvalue weighted by molar-refractivity contribution is -0.116. The quantitative estimate of drug-likeness (QED) is 0.0261. The highest BCUT2D eigenvalue weighted by Crippen LogP contribution is 2.47. The van der Waals surface area contributed by atoms with Crippen molar-refractivity contribution in [3.63, 3.8) is 0 Å². The van der Waals surface area contributed by atoms with Gasteiger partial charge in [-0.1, -0.05) is 13.8 Å². The average Bonchev–Trinajstić information content (AvgIpc) is 1.61. The van der Waals surface area contributed by atoms with Crippen LogP contribution in [0.4, 0.5) is 0 Å². The van der Waals surface area contributed by atoms with E-state index in [0.29, 0.717) is 34.2 Å². The fourth-order valence-corrected chi connectivity index (χ4v) is 29.9. The number of nitriles is 5. The molecule has 4 aromatic carbocycles. The number of Topliss-reactive ketones (excluding diaryl/α,β-unsaturated/α-hetero) is 3. The maximum absolute atomic E-state index is 13.1. The van der Waals surface area contributed by atoms with Gasteiger partial charge in [0.1, 0.15) is 78.1 Å². The van der Waals surface area contributed by atoms with Crippen LogP contribution in [0, 0.1) is 56.8 Å². The third kappa shape index (κ3) is 20.6. The standard InChI is InChI=1S/C24H28N2O4S2.2C23H26N2O5S2.C14H12N2O.C8H14N2O3S2/c1-4-21-22(31-23(26-21)24(2,3)28)32(29,30)13-14(27)11-19-15-7-5-9-17(15)20(12-25)18-10-6-8-16(18)19;2*1-23(2,28)22-25-20(11-26)21(31-22)32(29,30)12-13(27)9-18-14-5-3-7-16(14)19(10-24)17-8-4-6-15(17)18;15-7-13-9-3-1-5-11(9)14(17-8-16)12-6-2-4-10(12)13;1-4-5-6(15(9,12)13)14-7(10-5)8(2,3)11/h28H,4-11,13H2,1-3H3;2*26,28H,3-9,11-12H2,1-2H3;1-6H2;11H,4H2,1-3H3,(H2,9,12,13). The van der Waals surface area contributed by atoms with Crippen LogP contribution >= 0.6 is 45.3 Å². The van der Waals surface area contributed by atoms with Gasteiger partial charge in [0.25, 0.3) is 6.26 Å². The molecule has 8 aliphatic carbocycles. The summed E-state index contributed by atoms with van der Waals surface area (Å²) in [6, 6.07) is 9.48. The number of sulfone groups is 3. The number of nitrogens with two attached hydrogens (primary N) is 1. The van der Waals surface area contributed by atoms with Gasteiger partial charge in [0, 0.05) is 30.4 Å². The third-order valence-electron chi connectivity index (χ3n) is 24.5. The SMILES string of the molecule is CC(C)(O)c1nc(CO)c(S(=O)(=O)CC(=O)Cc2c3c(c(C#N)c4c2CCC4)CCC3)s1.CC(C)(O)c1nc(CO)c(S(=O)(=O)CC(=O)Cc2c3c(c(C#N)c4c2CCC4)CCC3)s1.CCc1nc(C(C)(C)O)sc1S(=O)(=O)CC(=O)Cc1c2c(c(C#N)c3c1CCC3)CCC2.CCc1nc(C(C)(C)O)sc1S(N)(=O)=O.N#COc1c2c(c(C#N)c3c1CCC3)CCC2. The van der Waals surface area contributed by atoms with E-state index < -0.39 is 104 Å². The van der Waals surface area contributed by atoms with Crippen LogP contribution in [0.3, 0.4) is 0 Å². The molecule has 4 aromatic heterocycles. The Hall–Kier alpha value is -8.82. The van der Waals surface area contributed by atoms with Gasteiger partial charge in [-0.2, -0.15) is 21.0 Å². The molecule has 0 atom stereocenters. The van der Waals surface area contributed by atoms with Gasteiger partial charge in [-0.05, 0) is 317 Å². The molecule has 8 N–H and O–H groups in total. The molecule has 0 spiro atoms. The minimum absolute atomic E-state index is 0.0290. The van der Waals surface area contributed by atoms with Crippen LogP contribution in [0.5, 0.6) is 5.75 Å². The first-order valence-corrected chi connectivity index (χ1v) is 52.8. The Labute approximate surface area is 763 Å². The second kappa shape index (κ2) is 38.9. The maximum Gasteiger partial charge on any atom is 0.292 e. The summed E-state index contributed by atoms with van der Waals surface area (Å²) in [7, 11) is -15.6. The van der Waals surface area contributed by atoms with E-state index >= 15 is 0 Å². The van der Waals surface area contributed by atoms with E-state index in [-0.39, 0.29) is 63.3 Å². The Kier molecular flexibility index (Phi) is 29.9. The van der Waals surface area contributed by atoms with Crippen LogP contribution < -0.4 is 9.88 Å². The number of ether oxygens (including phenoxy) is 1. The van der Waals surface area contributed by atoms with Crippen LogP contribution in [0.1, 0.15) is 291 Å². The number of hydrogen-bond acceptors (Lipinski definition) is 31. The number of carbonyl (C=O) groups excluding carboxylic acids is 3. The fraction of sp³-hybridized carbons (Fsp3) is 0.522. The monoisotopic (exact) mass is 1890 g/mol. The molecule has 0 amide bonds. The first-order valence-electron chi connectivity index (χ1n) is 43.0. The predicted octanol–water partition coefficient (Wildman–Crippen LogP) is 10.9. The van der Waals surface area contributed by atoms with E-state index in [4.69, 9.17) is 15.1 Å². The summed E-state index contributed by atoms with van der Waals surface area (Å²) in [6.45, 7) is 14.6. The Morgan fingerprint density at radius 1 is 0.352 bits per heavy atom. The number of nitrogens with zero attached hydrogens (tertiary/aromatic N) is 9. The Morgan fingerprint density at radius 2 is 0.555 bits per heavy atom. The van der Waals surface area contributed by atoms with Gasteiger partial charge >= 0.3 is 0 Å². The van der Waals surface area contributed by atoms with Crippen molar-refractivity contribution in [1.82, 2.24) is 19.9 Å². The van der Waals surface area contributed by atoms with Gasteiger partial charge in [0.15, 0.2) is 51.1 Å². The highest BCUT2D eigenvalue weighted by molar-refractivity contribution is 7.95. The second-order valence-corrected chi connectivity index (χ2v) is 47.9. The minimum atomic E-state index is -4.02. The summed E-state index contributed by atoms with van der Waals surface area (Å²) >= 11 is 3.47. The van der Waals surface area contributed by atoms with Gasteiger partial charge < -0.3 is 35.4 Å². The summed E-state index contributed by atoms with van der Waals surface area (Å²) < 4.78 is 106. The van der Waals surface area contributed by atoms with Crippen molar-refractivity contribution in [2.75, 3.05) is 17.3 Å². The summed E-state index contributed by atoms with van der Waals surface area (Å²) in [5.41, 5.74) is 18.9. The number of rotatable bonds is 25. The molecule has 0 radical (unpaired) electrons. The highest BCUT2D eigenvalue weighted by Gasteiger charge is 2.40. The number of aliphatic hydroxyl groups excluding tert-OH is 2. The number of hydrogen-bond donors (Lipinski definition) is 7. The fourth-order valence-electron chi connectivity index (χ4n) is 19.0. The van der Waals surface area contributed by atoms with Crippen molar-refractivity contribution in [2.45, 2.75) is 308 Å².